The number of sulfone groups is 1. The lowest BCUT2D eigenvalue weighted by Gasteiger charge is -2.21. The van der Waals surface area contributed by atoms with E-state index in [9.17, 15) is 13.2 Å². The van der Waals surface area contributed by atoms with Gasteiger partial charge in [-0.3, -0.25) is 4.79 Å². The highest BCUT2D eigenvalue weighted by Crippen LogP contribution is 2.30. The Balaban J connectivity index is 2.26. The molecule has 2 aromatic rings. The van der Waals surface area contributed by atoms with E-state index < -0.39 is 20.4 Å². The van der Waals surface area contributed by atoms with Crippen LogP contribution in [0.15, 0.2) is 20.3 Å². The first-order valence-electron chi connectivity index (χ1n) is 7.52. The smallest absolute Gasteiger partial charge is 0.217 e. The minimum Gasteiger partial charge on any atom is -0.361 e. The molecule has 0 amide bonds. The van der Waals surface area contributed by atoms with Crippen molar-refractivity contribution in [2.24, 2.45) is 0 Å². The molecule has 0 aromatic carbocycles. The lowest BCUT2D eigenvalue weighted by atomic mass is 9.92. The predicted molar refractivity (Wildman–Crippen MR) is 92.0 cm³/mol. The molecular weight excluding hydrogens is 348 g/mol. The number of rotatable bonds is 5. The molecule has 0 saturated carbocycles. The van der Waals surface area contributed by atoms with Crippen molar-refractivity contribution in [1.29, 1.82) is 0 Å². The number of aryl methyl sites for hydroxylation is 1. The predicted octanol–water partition coefficient (Wildman–Crippen LogP) is 3.10. The van der Waals surface area contributed by atoms with Crippen molar-refractivity contribution in [1.82, 2.24) is 10.1 Å². The molecule has 0 N–H and O–H groups in total. The molecule has 0 fully saturated rings. The summed E-state index contributed by atoms with van der Waals surface area (Å²) in [7, 11) is -3.86. The van der Waals surface area contributed by atoms with Crippen LogP contribution < -0.4 is 0 Å². The monoisotopic (exact) mass is 370 g/mol. The molecule has 0 saturated heterocycles. The summed E-state index contributed by atoms with van der Waals surface area (Å²) in [5, 5.41) is 5.54. The Morgan fingerprint density at radius 3 is 2.33 bits per heavy atom. The van der Waals surface area contributed by atoms with Crippen molar-refractivity contribution < 1.29 is 17.7 Å². The van der Waals surface area contributed by atoms with E-state index in [-0.39, 0.29) is 16.2 Å². The Hall–Kier alpha value is -1.54. The normalized spacial score (nSPS) is 13.2. The Morgan fingerprint density at radius 2 is 1.88 bits per heavy atom. The number of carbonyl (C=O) groups is 1. The number of ketones is 1. The molecular formula is C16H22N2O4S2. The molecule has 0 bridgehead atoms. The first kappa shape index (κ1) is 18.8. The van der Waals surface area contributed by atoms with E-state index >= 15 is 0 Å². The molecule has 132 valence electrons. The standard InChI is InChI=1S/C16H22N2O4S2/c1-10-9-23-14(17-10)24(20,21)16(5,6)12(19)7-11-8-13(22-18-11)15(2,3)4/h8-9H,7H2,1-6H3. The summed E-state index contributed by atoms with van der Waals surface area (Å²) >= 11 is 1.03. The van der Waals surface area contributed by atoms with Crippen LogP contribution in [0, 0.1) is 6.92 Å². The van der Waals surface area contributed by atoms with Gasteiger partial charge in [-0.1, -0.05) is 25.9 Å². The van der Waals surface area contributed by atoms with Gasteiger partial charge in [0.05, 0.1) is 12.1 Å². The highest BCUT2D eigenvalue weighted by atomic mass is 32.2. The van der Waals surface area contributed by atoms with Crippen LogP contribution in [0.3, 0.4) is 0 Å². The maximum atomic E-state index is 12.7. The van der Waals surface area contributed by atoms with Gasteiger partial charge in [0.25, 0.3) is 0 Å². The second-order valence-corrected chi connectivity index (χ2v) is 10.8. The fraction of sp³-hybridized carbons (Fsp3) is 0.562. The lowest BCUT2D eigenvalue weighted by Crippen LogP contribution is -2.41. The number of nitrogens with zero attached hydrogens (tertiary/aromatic N) is 2. The molecule has 0 radical (unpaired) electrons. The number of hydrogen-bond donors (Lipinski definition) is 0. The number of carbonyl (C=O) groups excluding carboxylic acids is 1. The van der Waals surface area contributed by atoms with Crippen molar-refractivity contribution in [3.8, 4) is 0 Å². The fourth-order valence-electron chi connectivity index (χ4n) is 1.95. The van der Waals surface area contributed by atoms with Gasteiger partial charge < -0.3 is 4.52 Å². The topological polar surface area (TPSA) is 90.1 Å². The second-order valence-electron chi connectivity index (χ2n) is 7.30. The second kappa shape index (κ2) is 6.07. The van der Waals surface area contributed by atoms with Gasteiger partial charge in [0.15, 0.2) is 5.78 Å². The first-order chi connectivity index (χ1) is 10.9. The van der Waals surface area contributed by atoms with Crippen molar-refractivity contribution in [3.05, 3.63) is 28.6 Å². The van der Waals surface area contributed by atoms with Crippen molar-refractivity contribution in [2.75, 3.05) is 0 Å². The molecule has 0 atom stereocenters. The van der Waals surface area contributed by atoms with Gasteiger partial charge in [-0.05, 0) is 20.8 Å². The van der Waals surface area contributed by atoms with Crippen LogP contribution in [-0.4, -0.2) is 29.1 Å². The summed E-state index contributed by atoms with van der Waals surface area (Å²) in [5.74, 6) is 0.214. The summed E-state index contributed by atoms with van der Waals surface area (Å²) in [6, 6.07) is 1.70. The zero-order chi connectivity index (χ0) is 18.3. The summed E-state index contributed by atoms with van der Waals surface area (Å²) in [6.07, 6.45) is -0.101. The van der Waals surface area contributed by atoms with Gasteiger partial charge in [-0.25, -0.2) is 13.4 Å². The number of aromatic nitrogens is 2. The molecule has 6 nitrogen and oxygen atoms in total. The Labute approximate surface area is 146 Å². The van der Waals surface area contributed by atoms with E-state index in [2.05, 4.69) is 10.1 Å². The number of Topliss-reactive ketones (excluding diaryl/α,β-unsaturated/α-hetero) is 1. The molecule has 0 spiro atoms. The van der Waals surface area contributed by atoms with Crippen LogP contribution in [-0.2, 0) is 26.5 Å². The van der Waals surface area contributed by atoms with Crippen molar-refractivity contribution >= 4 is 27.0 Å². The first-order valence-corrected chi connectivity index (χ1v) is 9.88. The lowest BCUT2D eigenvalue weighted by molar-refractivity contribution is -0.120. The average molecular weight is 370 g/mol. The maximum absolute atomic E-state index is 12.7. The minimum atomic E-state index is -3.86. The quantitative estimate of drug-likeness (QED) is 0.803. The number of hydrogen-bond acceptors (Lipinski definition) is 7. The molecule has 24 heavy (non-hydrogen) atoms. The van der Waals surface area contributed by atoms with Crippen molar-refractivity contribution in [3.63, 3.8) is 0 Å². The van der Waals surface area contributed by atoms with Gasteiger partial charge in [0.1, 0.15) is 10.5 Å². The molecule has 0 aliphatic rings. The minimum absolute atomic E-state index is 0.0334. The molecule has 0 aliphatic carbocycles. The highest BCUT2D eigenvalue weighted by Gasteiger charge is 2.44. The van der Waals surface area contributed by atoms with Crippen molar-refractivity contribution in [2.45, 2.75) is 62.5 Å². The molecule has 8 heteroatoms. The molecule has 2 aromatic heterocycles. The number of thiazole rings is 1. The molecule has 0 unspecified atom stereocenters. The highest BCUT2D eigenvalue weighted by molar-refractivity contribution is 7.95. The average Bonchev–Trinajstić information content (AvgIpc) is 3.07. The van der Waals surface area contributed by atoms with E-state index in [1.165, 1.54) is 13.8 Å². The van der Waals surface area contributed by atoms with Crippen LogP contribution in [0.1, 0.15) is 51.8 Å². The summed E-state index contributed by atoms with van der Waals surface area (Å²) in [6.45, 7) is 10.4. The fourth-order valence-corrected chi connectivity index (χ4v) is 4.82. The van der Waals surface area contributed by atoms with E-state index in [1.54, 1.807) is 18.4 Å². The van der Waals surface area contributed by atoms with Crippen LogP contribution in [0.25, 0.3) is 0 Å². The Morgan fingerprint density at radius 1 is 1.25 bits per heavy atom. The van der Waals surface area contributed by atoms with E-state index in [4.69, 9.17) is 4.52 Å². The van der Waals surface area contributed by atoms with Crippen LogP contribution in [0.5, 0.6) is 0 Å². The molecule has 0 aliphatic heterocycles. The van der Waals surface area contributed by atoms with Gasteiger partial charge in [-0.2, -0.15) is 0 Å². The van der Waals surface area contributed by atoms with Gasteiger partial charge in [0, 0.05) is 22.6 Å². The molecule has 2 heterocycles. The summed E-state index contributed by atoms with van der Waals surface area (Å²) in [4.78, 5) is 16.7. The van der Waals surface area contributed by atoms with Gasteiger partial charge in [-0.15, -0.1) is 11.3 Å². The Kier molecular flexibility index (Phi) is 4.76. The third-order valence-electron chi connectivity index (χ3n) is 3.81. The summed E-state index contributed by atoms with van der Waals surface area (Å²) < 4.78 is 29.1. The zero-order valence-electron chi connectivity index (χ0n) is 14.7. The van der Waals surface area contributed by atoms with E-state index in [0.717, 1.165) is 11.3 Å². The maximum Gasteiger partial charge on any atom is 0.217 e. The summed E-state index contributed by atoms with van der Waals surface area (Å²) in [5.41, 5.74) is 0.825. The van der Waals surface area contributed by atoms with Gasteiger partial charge >= 0.3 is 0 Å². The van der Waals surface area contributed by atoms with Gasteiger partial charge in [0.2, 0.25) is 14.2 Å². The largest absolute Gasteiger partial charge is 0.361 e. The molecule has 2 rings (SSSR count). The van der Waals surface area contributed by atoms with Crippen LogP contribution in [0.4, 0.5) is 0 Å². The zero-order valence-corrected chi connectivity index (χ0v) is 16.3. The van der Waals surface area contributed by atoms with E-state index in [0.29, 0.717) is 17.1 Å². The SMILES string of the molecule is Cc1csc(S(=O)(=O)C(C)(C)C(=O)Cc2cc(C(C)(C)C)on2)n1. The van der Waals surface area contributed by atoms with Crippen LogP contribution in [0.2, 0.25) is 0 Å². The third-order valence-corrected chi connectivity index (χ3v) is 7.63. The van der Waals surface area contributed by atoms with Crippen LogP contribution >= 0.6 is 11.3 Å². The van der Waals surface area contributed by atoms with E-state index in [1.807, 2.05) is 20.8 Å². The Bertz CT molecular complexity index is 855. The third kappa shape index (κ3) is 3.44.